The Morgan fingerprint density at radius 3 is 2.76 bits per heavy atom. The van der Waals surface area contributed by atoms with E-state index in [0.717, 1.165) is 37.0 Å². The predicted molar refractivity (Wildman–Crippen MR) is 110 cm³/mol. The fraction of sp³-hybridized carbons (Fsp3) is 0.818. The molecule has 1 aliphatic heterocycles. The van der Waals surface area contributed by atoms with Crippen LogP contribution in [-0.2, 0) is 0 Å². The molecule has 4 aliphatic carbocycles. The summed E-state index contributed by atoms with van der Waals surface area (Å²) >= 11 is 4.40. The number of fused-ring (bicyclic) bond motifs is 5. The molecule has 25 heavy (non-hydrogen) atoms. The van der Waals surface area contributed by atoms with Crippen molar-refractivity contribution >= 4 is 23.5 Å². The van der Waals surface area contributed by atoms with Crippen LogP contribution >= 0.6 is 23.5 Å². The number of aliphatic hydroxyl groups is 1. The minimum absolute atomic E-state index is 0.0851. The molecule has 1 nitrogen and oxygen atoms in total. The lowest BCUT2D eigenvalue weighted by Gasteiger charge is -2.56. The van der Waals surface area contributed by atoms with Crippen molar-refractivity contribution in [1.29, 1.82) is 0 Å². The van der Waals surface area contributed by atoms with Crippen molar-refractivity contribution in [3.05, 3.63) is 23.8 Å². The number of hydrogen-bond acceptors (Lipinski definition) is 3. The Hall–Kier alpha value is 0.140. The van der Waals surface area contributed by atoms with Crippen LogP contribution in [0.15, 0.2) is 23.8 Å². The number of thioether (sulfide) groups is 2. The van der Waals surface area contributed by atoms with Gasteiger partial charge in [0.1, 0.15) is 0 Å². The maximum atomic E-state index is 10.8. The zero-order valence-electron chi connectivity index (χ0n) is 15.5. The molecule has 138 valence electrons. The maximum absolute atomic E-state index is 10.8. The van der Waals surface area contributed by atoms with Gasteiger partial charge in [-0.05, 0) is 75.0 Å². The first kappa shape index (κ1) is 17.3. The van der Waals surface area contributed by atoms with E-state index in [9.17, 15) is 5.11 Å². The van der Waals surface area contributed by atoms with E-state index in [0.29, 0.717) is 10.00 Å². The third-order valence-corrected chi connectivity index (χ3v) is 11.9. The van der Waals surface area contributed by atoms with Crippen LogP contribution in [-0.4, -0.2) is 26.8 Å². The van der Waals surface area contributed by atoms with Gasteiger partial charge in [0.15, 0.2) is 0 Å². The van der Waals surface area contributed by atoms with Gasteiger partial charge >= 0.3 is 0 Å². The molecule has 0 aromatic rings. The fourth-order valence-electron chi connectivity index (χ4n) is 7.43. The van der Waals surface area contributed by atoms with Crippen LogP contribution < -0.4 is 0 Å². The van der Waals surface area contributed by atoms with Gasteiger partial charge in [0.25, 0.3) is 0 Å². The van der Waals surface area contributed by atoms with E-state index in [2.05, 4.69) is 43.1 Å². The molecule has 5 rings (SSSR count). The van der Waals surface area contributed by atoms with Gasteiger partial charge in [0, 0.05) is 16.9 Å². The summed E-state index contributed by atoms with van der Waals surface area (Å²) in [5.41, 5.74) is 3.42. The number of aliphatic hydroxyl groups excluding tert-OH is 1. The van der Waals surface area contributed by atoms with E-state index in [1.165, 1.54) is 49.2 Å². The first-order chi connectivity index (χ1) is 12.1. The Kier molecular flexibility index (Phi) is 4.19. The second-order valence-electron chi connectivity index (χ2n) is 9.22. The Balaban J connectivity index is 1.47. The third kappa shape index (κ3) is 2.41. The molecule has 0 radical (unpaired) electrons. The van der Waals surface area contributed by atoms with Crippen molar-refractivity contribution in [2.24, 2.45) is 29.1 Å². The average Bonchev–Trinajstić information content (AvgIpc) is 3.20. The van der Waals surface area contributed by atoms with Crippen molar-refractivity contribution in [2.45, 2.75) is 68.5 Å². The lowest BCUT2D eigenvalue weighted by atomic mass is 9.50. The third-order valence-electron chi connectivity index (χ3n) is 8.48. The molecule has 6 unspecified atom stereocenters. The molecule has 3 heteroatoms. The summed E-state index contributed by atoms with van der Waals surface area (Å²) in [6, 6.07) is 0. The topological polar surface area (TPSA) is 20.2 Å². The highest BCUT2D eigenvalue weighted by atomic mass is 32.2. The van der Waals surface area contributed by atoms with Crippen molar-refractivity contribution < 1.29 is 5.11 Å². The molecule has 4 fully saturated rings. The van der Waals surface area contributed by atoms with Crippen LogP contribution in [0.3, 0.4) is 0 Å². The highest BCUT2D eigenvalue weighted by Gasteiger charge is 2.59. The SMILES string of the molecule is C=C1CC2(CC)C(O)CCC2C2CCC3=CC4(CCC3C12)SCCS4. The smallest absolute Gasteiger partial charge is 0.0794 e. The molecular weight excluding hydrogens is 344 g/mol. The highest BCUT2D eigenvalue weighted by molar-refractivity contribution is 8.21. The maximum Gasteiger partial charge on any atom is 0.0794 e. The summed E-state index contributed by atoms with van der Waals surface area (Å²) in [7, 11) is 0. The Bertz CT molecular complexity index is 605. The first-order valence-electron chi connectivity index (χ1n) is 10.4. The van der Waals surface area contributed by atoms with E-state index < -0.39 is 0 Å². The standard InChI is InChI=1S/C22H32OS2/c1-3-21-12-14(2)20-16-8-9-22(24-10-11-25-22)13-15(16)4-5-17(20)18(21)6-7-19(21)23/h13,16-20,23H,2-12H2,1H3. The number of rotatable bonds is 1. The summed E-state index contributed by atoms with van der Waals surface area (Å²) < 4.78 is 0.422. The van der Waals surface area contributed by atoms with E-state index in [-0.39, 0.29) is 11.5 Å². The predicted octanol–water partition coefficient (Wildman–Crippen LogP) is 5.65. The zero-order chi connectivity index (χ0) is 17.2. The number of allylic oxidation sites excluding steroid dienone is 2. The zero-order valence-corrected chi connectivity index (χ0v) is 17.1. The monoisotopic (exact) mass is 376 g/mol. The van der Waals surface area contributed by atoms with Crippen LogP contribution in [0.2, 0.25) is 0 Å². The van der Waals surface area contributed by atoms with E-state index in [4.69, 9.17) is 0 Å². The largest absolute Gasteiger partial charge is 0.393 e. The van der Waals surface area contributed by atoms with Gasteiger partial charge in [-0.1, -0.05) is 30.7 Å². The first-order valence-corrected chi connectivity index (χ1v) is 12.4. The molecular formula is C22H32OS2. The van der Waals surface area contributed by atoms with Crippen molar-refractivity contribution in [1.82, 2.24) is 0 Å². The second kappa shape index (κ2) is 6.07. The van der Waals surface area contributed by atoms with Gasteiger partial charge < -0.3 is 5.11 Å². The Labute approximate surface area is 161 Å². The quantitative estimate of drug-likeness (QED) is 0.597. The summed E-state index contributed by atoms with van der Waals surface area (Å²) in [4.78, 5) is 0. The molecule has 0 aromatic carbocycles. The summed E-state index contributed by atoms with van der Waals surface area (Å²) in [6.07, 6.45) is 12.5. The van der Waals surface area contributed by atoms with Crippen LogP contribution in [0.4, 0.5) is 0 Å². The molecule has 0 aromatic heterocycles. The van der Waals surface area contributed by atoms with Crippen LogP contribution in [0.5, 0.6) is 0 Å². The van der Waals surface area contributed by atoms with Crippen molar-refractivity contribution in [3.8, 4) is 0 Å². The van der Waals surface area contributed by atoms with Gasteiger partial charge in [-0.15, -0.1) is 23.5 Å². The van der Waals surface area contributed by atoms with E-state index in [1.807, 2.05) is 0 Å². The minimum Gasteiger partial charge on any atom is -0.393 e. The minimum atomic E-state index is -0.0851. The van der Waals surface area contributed by atoms with Gasteiger partial charge in [-0.2, -0.15) is 0 Å². The molecule has 1 saturated heterocycles. The molecule has 1 N–H and O–H groups in total. The molecule has 6 atom stereocenters. The fourth-order valence-corrected chi connectivity index (χ4v) is 10.6. The summed E-state index contributed by atoms with van der Waals surface area (Å²) in [5, 5.41) is 10.8. The average molecular weight is 377 g/mol. The molecule has 5 aliphatic rings. The second-order valence-corrected chi connectivity index (χ2v) is 12.3. The van der Waals surface area contributed by atoms with Gasteiger partial charge in [0.2, 0.25) is 0 Å². The Morgan fingerprint density at radius 2 is 2.00 bits per heavy atom. The van der Waals surface area contributed by atoms with Gasteiger partial charge in [-0.3, -0.25) is 0 Å². The van der Waals surface area contributed by atoms with Crippen LogP contribution in [0, 0.1) is 29.1 Å². The number of hydrogen-bond donors (Lipinski definition) is 1. The molecule has 1 heterocycles. The lowest BCUT2D eigenvalue weighted by molar-refractivity contribution is -0.0414. The molecule has 1 spiro atoms. The van der Waals surface area contributed by atoms with Crippen LogP contribution in [0.25, 0.3) is 0 Å². The molecule has 0 amide bonds. The van der Waals surface area contributed by atoms with Crippen LogP contribution in [0.1, 0.15) is 58.3 Å². The van der Waals surface area contributed by atoms with E-state index >= 15 is 0 Å². The van der Waals surface area contributed by atoms with E-state index in [1.54, 1.807) is 5.57 Å². The molecule has 0 bridgehead atoms. The summed E-state index contributed by atoms with van der Waals surface area (Å²) in [6.45, 7) is 6.93. The van der Waals surface area contributed by atoms with Gasteiger partial charge in [0.05, 0.1) is 10.2 Å². The van der Waals surface area contributed by atoms with Crippen molar-refractivity contribution in [3.63, 3.8) is 0 Å². The lowest BCUT2D eigenvalue weighted by Crippen LogP contribution is -2.50. The summed E-state index contributed by atoms with van der Waals surface area (Å²) in [5.74, 6) is 5.68. The van der Waals surface area contributed by atoms with Crippen molar-refractivity contribution in [2.75, 3.05) is 11.5 Å². The normalized spacial score (nSPS) is 48.0. The van der Waals surface area contributed by atoms with Gasteiger partial charge in [-0.25, -0.2) is 0 Å². The Morgan fingerprint density at radius 1 is 1.20 bits per heavy atom. The molecule has 3 saturated carbocycles. The highest BCUT2D eigenvalue weighted by Crippen LogP contribution is 2.65.